The number of aryl methyl sites for hydroxylation is 1. The first kappa shape index (κ1) is 14.0. The highest BCUT2D eigenvalue weighted by atomic mass is 16.5. The Morgan fingerprint density at radius 2 is 1.59 bits per heavy atom. The van der Waals surface area contributed by atoms with Gasteiger partial charge in [-0.3, -0.25) is 0 Å². The molecule has 0 aromatic heterocycles. The first-order valence-corrected chi connectivity index (χ1v) is 6.18. The average molecular weight is 238 g/mol. The Kier molecular flexibility index (Phi) is 7.43. The van der Waals surface area contributed by atoms with E-state index in [0.717, 1.165) is 32.0 Å². The molecule has 0 spiro atoms. The van der Waals surface area contributed by atoms with Crippen molar-refractivity contribution < 1.29 is 14.2 Å². The van der Waals surface area contributed by atoms with Gasteiger partial charge in [-0.05, 0) is 32.4 Å². The Bertz CT molecular complexity index is 282. The Balaban J connectivity index is 1.95. The van der Waals surface area contributed by atoms with Crippen molar-refractivity contribution in [2.75, 3.05) is 33.0 Å². The van der Waals surface area contributed by atoms with Crippen LogP contribution in [0.4, 0.5) is 0 Å². The molecule has 0 aliphatic rings. The molecule has 0 amide bonds. The lowest BCUT2D eigenvalue weighted by Gasteiger charge is -2.07. The number of rotatable bonds is 9. The summed E-state index contributed by atoms with van der Waals surface area (Å²) in [6, 6.07) is 8.03. The van der Waals surface area contributed by atoms with Crippen LogP contribution in [-0.4, -0.2) is 33.0 Å². The minimum absolute atomic E-state index is 0.595. The van der Waals surface area contributed by atoms with Crippen molar-refractivity contribution in [3.05, 3.63) is 29.8 Å². The average Bonchev–Trinajstić information content (AvgIpc) is 2.35. The van der Waals surface area contributed by atoms with Crippen LogP contribution in [0.3, 0.4) is 0 Å². The molecule has 17 heavy (non-hydrogen) atoms. The lowest BCUT2D eigenvalue weighted by molar-refractivity contribution is 0.0715. The molecule has 1 aromatic carbocycles. The molecule has 0 atom stereocenters. The van der Waals surface area contributed by atoms with Gasteiger partial charge in [-0.25, -0.2) is 0 Å². The third kappa shape index (κ3) is 6.97. The van der Waals surface area contributed by atoms with Crippen LogP contribution in [0.15, 0.2) is 24.3 Å². The van der Waals surface area contributed by atoms with Gasteiger partial charge in [0.2, 0.25) is 0 Å². The van der Waals surface area contributed by atoms with Gasteiger partial charge < -0.3 is 14.2 Å². The molecule has 1 rings (SSSR count). The van der Waals surface area contributed by atoms with Crippen LogP contribution in [0.25, 0.3) is 0 Å². The number of ether oxygens (including phenoxy) is 3. The highest BCUT2D eigenvalue weighted by Gasteiger charge is 1.93. The molecule has 96 valence electrons. The number of benzene rings is 1. The third-order valence-electron chi connectivity index (χ3n) is 2.30. The highest BCUT2D eigenvalue weighted by molar-refractivity contribution is 5.26. The maximum atomic E-state index is 5.53. The Morgan fingerprint density at radius 1 is 0.882 bits per heavy atom. The van der Waals surface area contributed by atoms with Gasteiger partial charge in [-0.1, -0.05) is 17.7 Å². The van der Waals surface area contributed by atoms with Crippen molar-refractivity contribution in [3.63, 3.8) is 0 Å². The van der Waals surface area contributed by atoms with E-state index in [2.05, 4.69) is 6.92 Å². The molecular weight excluding hydrogens is 216 g/mol. The second-order valence-electron chi connectivity index (χ2n) is 3.82. The Hall–Kier alpha value is -1.06. The summed E-state index contributed by atoms with van der Waals surface area (Å²) in [5, 5.41) is 0. The zero-order valence-electron chi connectivity index (χ0n) is 10.8. The van der Waals surface area contributed by atoms with Crippen LogP contribution in [-0.2, 0) is 9.47 Å². The largest absolute Gasteiger partial charge is 0.491 e. The van der Waals surface area contributed by atoms with Gasteiger partial charge in [0, 0.05) is 19.8 Å². The fourth-order valence-corrected chi connectivity index (χ4v) is 1.36. The fourth-order valence-electron chi connectivity index (χ4n) is 1.36. The van der Waals surface area contributed by atoms with Gasteiger partial charge in [0.25, 0.3) is 0 Å². The molecule has 0 fully saturated rings. The van der Waals surface area contributed by atoms with Crippen molar-refractivity contribution in [2.45, 2.75) is 20.3 Å². The van der Waals surface area contributed by atoms with Crippen LogP contribution >= 0.6 is 0 Å². The molecule has 0 heterocycles. The van der Waals surface area contributed by atoms with Gasteiger partial charge in [0.05, 0.1) is 6.61 Å². The van der Waals surface area contributed by atoms with E-state index < -0.39 is 0 Å². The summed E-state index contributed by atoms with van der Waals surface area (Å²) in [5.74, 6) is 0.897. The number of hydrogen-bond acceptors (Lipinski definition) is 3. The molecule has 0 saturated heterocycles. The van der Waals surface area contributed by atoms with Gasteiger partial charge in [0.1, 0.15) is 12.4 Å². The summed E-state index contributed by atoms with van der Waals surface area (Å²) >= 11 is 0. The zero-order valence-corrected chi connectivity index (χ0v) is 10.8. The van der Waals surface area contributed by atoms with Gasteiger partial charge >= 0.3 is 0 Å². The summed E-state index contributed by atoms with van der Waals surface area (Å²) in [4.78, 5) is 0. The second kappa shape index (κ2) is 9.02. The molecule has 0 unspecified atom stereocenters. The summed E-state index contributed by atoms with van der Waals surface area (Å²) in [5.41, 5.74) is 1.24. The maximum Gasteiger partial charge on any atom is 0.119 e. The van der Waals surface area contributed by atoms with E-state index in [9.17, 15) is 0 Å². The normalized spacial score (nSPS) is 10.5. The molecule has 3 nitrogen and oxygen atoms in total. The Labute approximate surface area is 104 Å². The Morgan fingerprint density at radius 3 is 2.29 bits per heavy atom. The van der Waals surface area contributed by atoms with Crippen LogP contribution in [0, 0.1) is 6.92 Å². The smallest absolute Gasteiger partial charge is 0.119 e. The van der Waals surface area contributed by atoms with Crippen LogP contribution in [0.5, 0.6) is 5.75 Å². The standard InChI is InChI=1S/C14H22O3/c1-3-15-9-4-10-16-11-12-17-14-7-5-13(2)6-8-14/h5-8H,3-4,9-12H2,1-2H3. The van der Waals surface area contributed by atoms with E-state index in [0.29, 0.717) is 13.2 Å². The minimum atomic E-state index is 0.595. The second-order valence-corrected chi connectivity index (χ2v) is 3.82. The predicted molar refractivity (Wildman–Crippen MR) is 68.6 cm³/mol. The summed E-state index contributed by atoms with van der Waals surface area (Å²) in [7, 11) is 0. The summed E-state index contributed by atoms with van der Waals surface area (Å²) in [6.45, 7) is 7.56. The zero-order chi connectivity index (χ0) is 12.3. The van der Waals surface area contributed by atoms with Gasteiger partial charge in [0.15, 0.2) is 0 Å². The molecular formula is C14H22O3. The maximum absolute atomic E-state index is 5.53. The van der Waals surface area contributed by atoms with Crippen molar-refractivity contribution in [1.82, 2.24) is 0 Å². The van der Waals surface area contributed by atoms with Crippen molar-refractivity contribution in [3.8, 4) is 5.75 Å². The first-order chi connectivity index (χ1) is 8.33. The van der Waals surface area contributed by atoms with E-state index in [1.54, 1.807) is 0 Å². The predicted octanol–water partition coefficient (Wildman–Crippen LogP) is 2.82. The molecule has 1 aromatic rings. The van der Waals surface area contributed by atoms with Gasteiger partial charge in [-0.2, -0.15) is 0 Å². The summed E-state index contributed by atoms with van der Waals surface area (Å²) < 4.78 is 16.2. The molecule has 0 bridgehead atoms. The van der Waals surface area contributed by atoms with E-state index in [1.165, 1.54) is 5.56 Å². The lowest BCUT2D eigenvalue weighted by Crippen LogP contribution is -2.08. The van der Waals surface area contributed by atoms with E-state index in [1.807, 2.05) is 31.2 Å². The monoisotopic (exact) mass is 238 g/mol. The molecule has 0 radical (unpaired) electrons. The first-order valence-electron chi connectivity index (χ1n) is 6.18. The molecule has 0 N–H and O–H groups in total. The van der Waals surface area contributed by atoms with Crippen molar-refractivity contribution in [1.29, 1.82) is 0 Å². The molecule has 0 aliphatic carbocycles. The van der Waals surface area contributed by atoms with Gasteiger partial charge in [-0.15, -0.1) is 0 Å². The quantitative estimate of drug-likeness (QED) is 0.619. The SMILES string of the molecule is CCOCCCOCCOc1ccc(C)cc1. The van der Waals surface area contributed by atoms with Crippen molar-refractivity contribution in [2.24, 2.45) is 0 Å². The lowest BCUT2D eigenvalue weighted by atomic mass is 10.2. The number of hydrogen-bond donors (Lipinski definition) is 0. The summed E-state index contributed by atoms with van der Waals surface area (Å²) in [6.07, 6.45) is 0.943. The fraction of sp³-hybridized carbons (Fsp3) is 0.571. The van der Waals surface area contributed by atoms with Crippen molar-refractivity contribution >= 4 is 0 Å². The van der Waals surface area contributed by atoms with E-state index in [-0.39, 0.29) is 0 Å². The van der Waals surface area contributed by atoms with Crippen LogP contribution < -0.4 is 4.74 Å². The molecule has 0 aliphatic heterocycles. The van der Waals surface area contributed by atoms with E-state index in [4.69, 9.17) is 14.2 Å². The topological polar surface area (TPSA) is 27.7 Å². The molecule has 0 saturated carbocycles. The van der Waals surface area contributed by atoms with Crippen LogP contribution in [0.2, 0.25) is 0 Å². The molecule has 3 heteroatoms. The van der Waals surface area contributed by atoms with E-state index >= 15 is 0 Å². The highest BCUT2D eigenvalue weighted by Crippen LogP contribution is 2.10. The third-order valence-corrected chi connectivity index (χ3v) is 2.30. The minimum Gasteiger partial charge on any atom is -0.491 e. The van der Waals surface area contributed by atoms with Crippen LogP contribution in [0.1, 0.15) is 18.9 Å².